The molecule has 2 N–H and O–H groups in total. The molecule has 1 saturated carbocycles. The van der Waals surface area contributed by atoms with Crippen LogP contribution in [0.3, 0.4) is 0 Å². The summed E-state index contributed by atoms with van der Waals surface area (Å²) in [6, 6.07) is 14.4. The van der Waals surface area contributed by atoms with Gasteiger partial charge in [-0.2, -0.15) is 0 Å². The standard InChI is InChI=1S/C21H23ClN2O3/c1-21(2,27-18-10-8-16(22)9-11-18)20(26)23-13-14-4-3-5-17(12-14)24-19(25)15-6-7-15/h3-5,8-12,15H,6-7,13H2,1-2H3,(H,23,26)(H,24,25). The highest BCUT2D eigenvalue weighted by molar-refractivity contribution is 6.30. The molecule has 2 aromatic rings. The molecule has 0 atom stereocenters. The van der Waals surface area contributed by atoms with E-state index in [1.165, 1.54) is 0 Å². The third kappa shape index (κ3) is 5.47. The summed E-state index contributed by atoms with van der Waals surface area (Å²) in [5.74, 6) is 0.557. The number of hydrogen-bond donors (Lipinski definition) is 2. The van der Waals surface area contributed by atoms with Gasteiger partial charge in [0.25, 0.3) is 5.91 Å². The van der Waals surface area contributed by atoms with Gasteiger partial charge in [0.15, 0.2) is 5.60 Å². The van der Waals surface area contributed by atoms with E-state index in [-0.39, 0.29) is 17.7 Å². The van der Waals surface area contributed by atoms with Gasteiger partial charge in [0, 0.05) is 23.2 Å². The van der Waals surface area contributed by atoms with Crippen LogP contribution in [-0.4, -0.2) is 17.4 Å². The highest BCUT2D eigenvalue weighted by Gasteiger charge is 2.30. The van der Waals surface area contributed by atoms with Gasteiger partial charge in [-0.15, -0.1) is 0 Å². The number of hydrogen-bond acceptors (Lipinski definition) is 3. The van der Waals surface area contributed by atoms with Crippen molar-refractivity contribution in [2.45, 2.75) is 38.8 Å². The quantitative estimate of drug-likeness (QED) is 0.750. The minimum atomic E-state index is -1.04. The van der Waals surface area contributed by atoms with E-state index in [1.807, 2.05) is 24.3 Å². The predicted octanol–water partition coefficient (Wildman–Crippen LogP) is 4.16. The summed E-state index contributed by atoms with van der Waals surface area (Å²) in [6.45, 7) is 3.77. The zero-order valence-corrected chi connectivity index (χ0v) is 16.2. The van der Waals surface area contributed by atoms with Gasteiger partial charge >= 0.3 is 0 Å². The smallest absolute Gasteiger partial charge is 0.263 e. The van der Waals surface area contributed by atoms with E-state index in [9.17, 15) is 9.59 Å². The van der Waals surface area contributed by atoms with Crippen LogP contribution in [0.5, 0.6) is 5.75 Å². The van der Waals surface area contributed by atoms with Crippen molar-refractivity contribution in [3.8, 4) is 5.75 Å². The molecular weight excluding hydrogens is 364 g/mol. The van der Waals surface area contributed by atoms with E-state index >= 15 is 0 Å². The Hall–Kier alpha value is -2.53. The fourth-order valence-corrected chi connectivity index (χ4v) is 2.71. The van der Waals surface area contributed by atoms with Gasteiger partial charge in [-0.1, -0.05) is 23.7 Å². The van der Waals surface area contributed by atoms with Crippen LogP contribution < -0.4 is 15.4 Å². The lowest BCUT2D eigenvalue weighted by Crippen LogP contribution is -2.46. The third-order valence-corrected chi connectivity index (χ3v) is 4.58. The first-order chi connectivity index (χ1) is 12.8. The molecule has 142 valence electrons. The number of carbonyl (C=O) groups is 2. The molecule has 0 aliphatic heterocycles. The SMILES string of the molecule is CC(C)(Oc1ccc(Cl)cc1)C(=O)NCc1cccc(NC(=O)C2CC2)c1. The maximum atomic E-state index is 12.5. The molecule has 0 aromatic heterocycles. The Balaban J connectivity index is 1.55. The monoisotopic (exact) mass is 386 g/mol. The van der Waals surface area contributed by atoms with Crippen molar-refractivity contribution in [3.05, 3.63) is 59.1 Å². The van der Waals surface area contributed by atoms with Crippen LogP contribution in [0.25, 0.3) is 0 Å². The number of amides is 2. The minimum absolute atomic E-state index is 0.0636. The van der Waals surface area contributed by atoms with Gasteiger partial charge in [0.2, 0.25) is 5.91 Å². The number of halogens is 1. The average molecular weight is 387 g/mol. The molecule has 6 heteroatoms. The second-order valence-corrected chi connectivity index (χ2v) is 7.65. The van der Waals surface area contributed by atoms with Crippen molar-refractivity contribution in [2.75, 3.05) is 5.32 Å². The number of rotatable bonds is 7. The molecule has 0 bridgehead atoms. The summed E-state index contributed by atoms with van der Waals surface area (Å²) in [5.41, 5.74) is 0.612. The lowest BCUT2D eigenvalue weighted by molar-refractivity contribution is -0.134. The molecule has 2 aromatic carbocycles. The van der Waals surface area contributed by atoms with E-state index in [2.05, 4.69) is 10.6 Å². The summed E-state index contributed by atoms with van der Waals surface area (Å²) in [5, 5.41) is 6.41. The molecule has 0 saturated heterocycles. The summed E-state index contributed by atoms with van der Waals surface area (Å²) >= 11 is 5.87. The molecule has 27 heavy (non-hydrogen) atoms. The van der Waals surface area contributed by atoms with Crippen LogP contribution in [0.4, 0.5) is 5.69 Å². The highest BCUT2D eigenvalue weighted by atomic mass is 35.5. The van der Waals surface area contributed by atoms with Gasteiger partial charge in [-0.05, 0) is 68.7 Å². The zero-order valence-electron chi connectivity index (χ0n) is 15.4. The minimum Gasteiger partial charge on any atom is -0.478 e. The van der Waals surface area contributed by atoms with Crippen LogP contribution in [0.1, 0.15) is 32.3 Å². The Morgan fingerprint density at radius 3 is 2.52 bits per heavy atom. The van der Waals surface area contributed by atoms with Gasteiger partial charge in [0.05, 0.1) is 0 Å². The Kier molecular flexibility index (Phi) is 5.71. The second-order valence-electron chi connectivity index (χ2n) is 7.21. The average Bonchev–Trinajstić information content (AvgIpc) is 3.47. The molecule has 3 rings (SSSR count). The normalized spacial score (nSPS) is 13.7. The summed E-state index contributed by atoms with van der Waals surface area (Å²) in [4.78, 5) is 24.4. The summed E-state index contributed by atoms with van der Waals surface area (Å²) < 4.78 is 5.79. The maximum absolute atomic E-state index is 12.5. The molecule has 0 unspecified atom stereocenters. The van der Waals surface area contributed by atoms with Crippen molar-refractivity contribution in [3.63, 3.8) is 0 Å². The molecule has 5 nitrogen and oxygen atoms in total. The molecule has 1 aliphatic rings. The molecule has 1 aliphatic carbocycles. The Morgan fingerprint density at radius 1 is 1.15 bits per heavy atom. The van der Waals surface area contributed by atoms with Gasteiger partial charge < -0.3 is 15.4 Å². The number of carbonyl (C=O) groups excluding carboxylic acids is 2. The highest BCUT2D eigenvalue weighted by Crippen LogP contribution is 2.30. The second kappa shape index (κ2) is 8.01. The van der Waals surface area contributed by atoms with Gasteiger partial charge in [-0.25, -0.2) is 0 Å². The van der Waals surface area contributed by atoms with Crippen molar-refractivity contribution in [1.29, 1.82) is 0 Å². The van der Waals surface area contributed by atoms with E-state index in [0.29, 0.717) is 17.3 Å². The van der Waals surface area contributed by atoms with Crippen LogP contribution in [-0.2, 0) is 16.1 Å². The Bertz CT molecular complexity index is 830. The Labute approximate surface area is 164 Å². The third-order valence-electron chi connectivity index (χ3n) is 4.33. The van der Waals surface area contributed by atoms with E-state index in [4.69, 9.17) is 16.3 Å². The lowest BCUT2D eigenvalue weighted by Gasteiger charge is -2.25. The van der Waals surface area contributed by atoms with E-state index < -0.39 is 5.60 Å². The van der Waals surface area contributed by atoms with Crippen molar-refractivity contribution >= 4 is 29.1 Å². The van der Waals surface area contributed by atoms with E-state index in [1.54, 1.807) is 38.1 Å². The van der Waals surface area contributed by atoms with Crippen molar-refractivity contribution in [2.24, 2.45) is 5.92 Å². The zero-order chi connectivity index (χ0) is 19.4. The summed E-state index contributed by atoms with van der Waals surface area (Å²) in [7, 11) is 0. The number of nitrogens with one attached hydrogen (secondary N) is 2. The van der Waals surface area contributed by atoms with Gasteiger partial charge in [-0.3, -0.25) is 9.59 Å². The van der Waals surface area contributed by atoms with Crippen molar-refractivity contribution < 1.29 is 14.3 Å². The first-order valence-electron chi connectivity index (χ1n) is 8.96. The maximum Gasteiger partial charge on any atom is 0.263 e. The number of ether oxygens (including phenoxy) is 1. The van der Waals surface area contributed by atoms with E-state index in [0.717, 1.165) is 24.1 Å². The fourth-order valence-electron chi connectivity index (χ4n) is 2.59. The first kappa shape index (κ1) is 19.2. The first-order valence-corrected chi connectivity index (χ1v) is 9.34. The van der Waals surface area contributed by atoms with Gasteiger partial charge in [0.1, 0.15) is 5.75 Å². The lowest BCUT2D eigenvalue weighted by atomic mass is 10.1. The van der Waals surface area contributed by atoms with Crippen LogP contribution in [0.15, 0.2) is 48.5 Å². The Morgan fingerprint density at radius 2 is 1.85 bits per heavy atom. The number of anilines is 1. The molecule has 0 heterocycles. The molecule has 2 amide bonds. The van der Waals surface area contributed by atoms with Crippen LogP contribution >= 0.6 is 11.6 Å². The molecular formula is C21H23ClN2O3. The molecule has 0 spiro atoms. The topological polar surface area (TPSA) is 67.4 Å². The number of benzene rings is 2. The van der Waals surface area contributed by atoms with Crippen molar-refractivity contribution in [1.82, 2.24) is 5.32 Å². The molecule has 0 radical (unpaired) electrons. The predicted molar refractivity (Wildman–Crippen MR) is 106 cm³/mol. The summed E-state index contributed by atoms with van der Waals surface area (Å²) in [6.07, 6.45) is 1.93. The van der Waals surface area contributed by atoms with Crippen LogP contribution in [0.2, 0.25) is 5.02 Å². The fraction of sp³-hybridized carbons (Fsp3) is 0.333. The molecule has 1 fully saturated rings. The van der Waals surface area contributed by atoms with Crippen LogP contribution in [0, 0.1) is 5.92 Å². The largest absolute Gasteiger partial charge is 0.478 e.